The Labute approximate surface area is 101 Å². The number of imidazole rings is 1. The molecule has 4 nitrogen and oxygen atoms in total. The third-order valence-electron chi connectivity index (χ3n) is 2.63. The summed E-state index contributed by atoms with van der Waals surface area (Å²) in [4.78, 5) is 4.33. The van der Waals surface area contributed by atoms with Gasteiger partial charge in [0.2, 0.25) is 0 Å². The molecule has 0 spiro atoms. The quantitative estimate of drug-likeness (QED) is 0.571. The summed E-state index contributed by atoms with van der Waals surface area (Å²) >= 11 is 0. The first-order valence-electron chi connectivity index (χ1n) is 5.90. The predicted molar refractivity (Wildman–Crippen MR) is 65.7 cm³/mol. The minimum atomic E-state index is 0.874. The van der Waals surface area contributed by atoms with Crippen molar-refractivity contribution < 1.29 is 4.79 Å². The van der Waals surface area contributed by atoms with Crippen LogP contribution in [-0.4, -0.2) is 13.9 Å². The zero-order valence-corrected chi connectivity index (χ0v) is 10.2. The third-order valence-corrected chi connectivity index (χ3v) is 2.63. The first kappa shape index (κ1) is 11.4. The van der Waals surface area contributed by atoms with Crippen LogP contribution in [0.3, 0.4) is 0 Å². The van der Waals surface area contributed by atoms with Crippen molar-refractivity contribution in [3.05, 3.63) is 48.3 Å². The molecule has 4 heteroatoms. The van der Waals surface area contributed by atoms with E-state index in [0.717, 1.165) is 24.4 Å². The molecule has 0 amide bonds. The van der Waals surface area contributed by atoms with E-state index in [4.69, 9.17) is 0 Å². The summed E-state index contributed by atoms with van der Waals surface area (Å²) < 4.78 is 4.16. The summed E-state index contributed by atoms with van der Waals surface area (Å²) in [5.41, 5.74) is 1.76. The van der Waals surface area contributed by atoms with Gasteiger partial charge in [-0.2, -0.15) is 0 Å². The fourth-order valence-electron chi connectivity index (χ4n) is 1.66. The SMILES string of the molecule is CCn1ccn(CC)c1=[N+]=Nc1ccccc1. The summed E-state index contributed by atoms with van der Waals surface area (Å²) in [5.74, 6) is 0. The second-order valence-electron chi connectivity index (χ2n) is 3.71. The molecule has 0 bridgehead atoms. The van der Waals surface area contributed by atoms with Crippen molar-refractivity contribution in [2.45, 2.75) is 26.9 Å². The Morgan fingerprint density at radius 2 is 1.59 bits per heavy atom. The molecule has 0 saturated heterocycles. The Morgan fingerprint density at radius 3 is 2.12 bits per heavy atom. The van der Waals surface area contributed by atoms with E-state index in [1.54, 1.807) is 0 Å². The van der Waals surface area contributed by atoms with Crippen LogP contribution in [0.2, 0.25) is 0 Å². The maximum absolute atomic E-state index is 4.33. The van der Waals surface area contributed by atoms with Crippen LogP contribution in [-0.2, 0) is 13.1 Å². The first-order valence-corrected chi connectivity index (χ1v) is 5.90. The second-order valence-corrected chi connectivity index (χ2v) is 3.71. The number of rotatable bonds is 3. The van der Waals surface area contributed by atoms with Gasteiger partial charge in [0.1, 0.15) is 5.69 Å². The Hall–Kier alpha value is -2.06. The summed E-state index contributed by atoms with van der Waals surface area (Å²) in [6.07, 6.45) is 4.06. The van der Waals surface area contributed by atoms with E-state index in [1.165, 1.54) is 0 Å². The highest BCUT2D eigenvalue weighted by Gasteiger charge is 2.07. The molecule has 88 valence electrons. The fourth-order valence-corrected chi connectivity index (χ4v) is 1.66. The average Bonchev–Trinajstić information content (AvgIpc) is 2.79. The van der Waals surface area contributed by atoms with Crippen LogP contribution in [0.5, 0.6) is 0 Å². The van der Waals surface area contributed by atoms with Gasteiger partial charge in [-0.05, 0) is 31.1 Å². The van der Waals surface area contributed by atoms with Gasteiger partial charge in [-0.3, -0.25) is 0 Å². The number of benzene rings is 1. The molecule has 0 radical (unpaired) electrons. The predicted octanol–water partition coefficient (Wildman–Crippen LogP) is 2.22. The Morgan fingerprint density at radius 1 is 1.00 bits per heavy atom. The lowest BCUT2D eigenvalue weighted by Gasteiger charge is -1.87. The lowest BCUT2D eigenvalue weighted by molar-refractivity contribution is -0.152. The van der Waals surface area contributed by atoms with Crippen LogP contribution < -0.4 is 5.62 Å². The van der Waals surface area contributed by atoms with Crippen LogP contribution >= 0.6 is 0 Å². The van der Waals surface area contributed by atoms with Crippen LogP contribution in [0.4, 0.5) is 5.69 Å². The van der Waals surface area contributed by atoms with Crippen LogP contribution in [0, 0.1) is 0 Å². The molecule has 0 saturated carbocycles. The van der Waals surface area contributed by atoms with Gasteiger partial charge in [0.25, 0.3) is 0 Å². The third kappa shape index (κ3) is 2.55. The molecule has 17 heavy (non-hydrogen) atoms. The zero-order valence-electron chi connectivity index (χ0n) is 10.2. The number of nitrogens with zero attached hydrogens (tertiary/aromatic N) is 4. The van der Waals surface area contributed by atoms with E-state index in [-0.39, 0.29) is 0 Å². The van der Waals surface area contributed by atoms with Crippen LogP contribution in [0.25, 0.3) is 0 Å². The van der Waals surface area contributed by atoms with Gasteiger partial charge in [-0.1, -0.05) is 18.2 Å². The first-order chi connectivity index (χ1) is 8.35. The minimum absolute atomic E-state index is 0.874. The topological polar surface area (TPSA) is 36.3 Å². The van der Waals surface area contributed by atoms with Crippen molar-refractivity contribution in [3.63, 3.8) is 0 Å². The molecule has 1 heterocycles. The van der Waals surface area contributed by atoms with Gasteiger partial charge >= 0.3 is 5.62 Å². The summed E-state index contributed by atoms with van der Waals surface area (Å²) in [6.45, 7) is 6.00. The molecule has 0 aliphatic rings. The summed E-state index contributed by atoms with van der Waals surface area (Å²) in [6, 6.07) is 9.78. The van der Waals surface area contributed by atoms with Crippen molar-refractivity contribution in [2.75, 3.05) is 0 Å². The molecule has 2 rings (SSSR count). The molecule has 0 N–H and O–H groups in total. The monoisotopic (exact) mass is 229 g/mol. The minimum Gasteiger partial charge on any atom is -0.220 e. The average molecular weight is 229 g/mol. The standard InChI is InChI=1S/C13H17N4/c1-3-16-10-11-17(4-2)13(16)15-14-12-8-6-5-7-9-12/h5-11H,3-4H2,1-2H3/q+1. The molecular formula is C13H17N4+. The molecule has 0 atom stereocenters. The molecule has 1 aromatic heterocycles. The van der Waals surface area contributed by atoms with Crippen molar-refractivity contribution >= 4 is 5.69 Å². The van der Waals surface area contributed by atoms with E-state index in [1.807, 2.05) is 42.7 Å². The molecule has 0 aliphatic heterocycles. The highest BCUT2D eigenvalue weighted by atomic mass is 15.2. The van der Waals surface area contributed by atoms with Gasteiger partial charge in [0, 0.05) is 0 Å². The molecule has 0 aliphatic carbocycles. The van der Waals surface area contributed by atoms with E-state index in [9.17, 15) is 0 Å². The number of hydrogen-bond acceptors (Lipinski definition) is 1. The highest BCUT2D eigenvalue weighted by Crippen LogP contribution is 2.07. The zero-order chi connectivity index (χ0) is 12.1. The van der Waals surface area contributed by atoms with Crippen LogP contribution in [0.15, 0.2) is 47.8 Å². The maximum Gasteiger partial charge on any atom is 0.478 e. The van der Waals surface area contributed by atoms with Crippen molar-refractivity contribution in [2.24, 2.45) is 5.11 Å². The lowest BCUT2D eigenvalue weighted by Crippen LogP contribution is -2.26. The van der Waals surface area contributed by atoms with Crippen molar-refractivity contribution in [1.29, 1.82) is 0 Å². The maximum atomic E-state index is 4.33. The Kier molecular flexibility index (Phi) is 3.58. The molecule has 1 aromatic carbocycles. The number of hydrogen-bond donors (Lipinski definition) is 0. The van der Waals surface area contributed by atoms with Crippen molar-refractivity contribution in [3.8, 4) is 0 Å². The smallest absolute Gasteiger partial charge is 0.220 e. The van der Waals surface area contributed by atoms with E-state index >= 15 is 0 Å². The highest BCUT2D eigenvalue weighted by molar-refractivity contribution is 5.33. The molecular weight excluding hydrogens is 212 g/mol. The Balaban J connectivity index is 2.52. The normalized spacial score (nSPS) is 10.0. The summed E-state index contributed by atoms with van der Waals surface area (Å²) in [7, 11) is 0. The molecule has 0 fully saturated rings. The Bertz CT molecular complexity index is 546. The van der Waals surface area contributed by atoms with Gasteiger partial charge in [-0.15, -0.1) is 4.79 Å². The largest absolute Gasteiger partial charge is 0.478 e. The number of aromatic nitrogens is 2. The van der Waals surface area contributed by atoms with Gasteiger partial charge in [-0.25, -0.2) is 9.13 Å². The van der Waals surface area contributed by atoms with Crippen LogP contribution in [0.1, 0.15) is 13.8 Å². The van der Waals surface area contributed by atoms with E-state index in [2.05, 4.69) is 32.9 Å². The molecule has 0 unspecified atom stereocenters. The van der Waals surface area contributed by atoms with E-state index in [0.29, 0.717) is 0 Å². The van der Waals surface area contributed by atoms with E-state index < -0.39 is 0 Å². The van der Waals surface area contributed by atoms with Gasteiger partial charge in [0.15, 0.2) is 0 Å². The van der Waals surface area contributed by atoms with Gasteiger partial charge in [0.05, 0.1) is 25.5 Å². The summed E-state index contributed by atoms with van der Waals surface area (Å²) in [5, 5.41) is 4.25. The van der Waals surface area contributed by atoms with Gasteiger partial charge < -0.3 is 0 Å². The fraction of sp³-hybridized carbons (Fsp3) is 0.308. The second kappa shape index (κ2) is 5.32. The number of aryl methyl sites for hydroxylation is 2. The molecule has 2 aromatic rings. The lowest BCUT2D eigenvalue weighted by atomic mass is 10.3. The van der Waals surface area contributed by atoms with Crippen molar-refractivity contribution in [1.82, 2.24) is 9.13 Å².